The quantitative estimate of drug-likeness (QED) is 0.795. The van der Waals surface area contributed by atoms with Gasteiger partial charge in [-0.1, -0.05) is 13.3 Å². The van der Waals surface area contributed by atoms with Crippen molar-refractivity contribution >= 4 is 15.9 Å². The molecule has 0 fully saturated rings. The maximum absolute atomic E-state index is 5.52. The van der Waals surface area contributed by atoms with E-state index < -0.39 is 0 Å². The number of unbranched alkanes of at least 4 members (excludes halogenated alkanes) is 1. The molecule has 0 aliphatic heterocycles. The zero-order chi connectivity index (χ0) is 11.3. The van der Waals surface area contributed by atoms with Crippen molar-refractivity contribution in [3.8, 4) is 0 Å². The highest BCUT2D eigenvalue weighted by atomic mass is 79.9. The molecule has 86 valence electrons. The molecule has 0 N–H and O–H groups in total. The van der Waals surface area contributed by atoms with Gasteiger partial charge >= 0.3 is 0 Å². The van der Waals surface area contributed by atoms with Gasteiger partial charge in [0, 0.05) is 12.7 Å². The van der Waals surface area contributed by atoms with Gasteiger partial charge in [-0.25, -0.2) is 0 Å². The molecule has 0 amide bonds. The number of ether oxygens (including phenoxy) is 1. The van der Waals surface area contributed by atoms with Crippen molar-refractivity contribution in [3.63, 3.8) is 0 Å². The first-order valence-electron chi connectivity index (χ1n) is 5.47. The SMILES string of the molecule is CCCCn1cc(Br)c(COC(C)C)n1. The minimum Gasteiger partial charge on any atom is -0.372 e. The van der Waals surface area contributed by atoms with Gasteiger partial charge in [-0.05, 0) is 36.2 Å². The lowest BCUT2D eigenvalue weighted by molar-refractivity contribution is 0.0629. The molecule has 1 aromatic rings. The molecule has 0 aromatic carbocycles. The van der Waals surface area contributed by atoms with E-state index in [0.717, 1.165) is 16.7 Å². The van der Waals surface area contributed by atoms with E-state index in [1.807, 2.05) is 24.7 Å². The third-order valence-corrected chi connectivity index (χ3v) is 2.74. The van der Waals surface area contributed by atoms with Gasteiger partial charge < -0.3 is 4.74 Å². The first kappa shape index (κ1) is 12.7. The second kappa shape index (κ2) is 6.28. The van der Waals surface area contributed by atoms with Gasteiger partial charge in [0.15, 0.2) is 0 Å². The summed E-state index contributed by atoms with van der Waals surface area (Å²) in [5, 5.41) is 4.46. The van der Waals surface area contributed by atoms with E-state index in [1.165, 1.54) is 12.8 Å². The van der Waals surface area contributed by atoms with Crippen molar-refractivity contribution < 1.29 is 4.74 Å². The molecule has 0 saturated heterocycles. The second-order valence-corrected chi connectivity index (χ2v) is 4.75. The lowest BCUT2D eigenvalue weighted by Crippen LogP contribution is -2.04. The molecule has 4 heteroatoms. The minimum absolute atomic E-state index is 0.248. The zero-order valence-electron chi connectivity index (χ0n) is 9.66. The van der Waals surface area contributed by atoms with Crippen molar-refractivity contribution in [1.29, 1.82) is 0 Å². The molecule has 3 nitrogen and oxygen atoms in total. The molecule has 1 aromatic heterocycles. The Balaban J connectivity index is 2.52. The summed E-state index contributed by atoms with van der Waals surface area (Å²) in [6, 6.07) is 0. The molecule has 0 bridgehead atoms. The Morgan fingerprint density at radius 2 is 2.27 bits per heavy atom. The maximum Gasteiger partial charge on any atom is 0.102 e. The van der Waals surface area contributed by atoms with Crippen molar-refractivity contribution in [2.24, 2.45) is 0 Å². The molecule has 15 heavy (non-hydrogen) atoms. The summed E-state index contributed by atoms with van der Waals surface area (Å²) in [7, 11) is 0. The standard InChI is InChI=1S/C11H19BrN2O/c1-4-5-6-14-7-10(12)11(13-14)8-15-9(2)3/h7,9H,4-6,8H2,1-3H3. The van der Waals surface area contributed by atoms with Gasteiger partial charge in [-0.3, -0.25) is 4.68 Å². The van der Waals surface area contributed by atoms with E-state index in [2.05, 4.69) is 28.0 Å². The van der Waals surface area contributed by atoms with Crippen molar-refractivity contribution in [2.45, 2.75) is 52.9 Å². The first-order chi connectivity index (χ1) is 7.13. The molecule has 1 heterocycles. The van der Waals surface area contributed by atoms with Crippen LogP contribution < -0.4 is 0 Å². The van der Waals surface area contributed by atoms with E-state index in [1.54, 1.807) is 0 Å². The smallest absolute Gasteiger partial charge is 0.102 e. The van der Waals surface area contributed by atoms with Crippen LogP contribution in [-0.2, 0) is 17.9 Å². The Morgan fingerprint density at radius 3 is 2.87 bits per heavy atom. The highest BCUT2D eigenvalue weighted by Crippen LogP contribution is 2.16. The molecule has 1 rings (SSSR count). The minimum atomic E-state index is 0.248. The molecule has 0 saturated carbocycles. The van der Waals surface area contributed by atoms with Crippen molar-refractivity contribution in [2.75, 3.05) is 0 Å². The Labute approximate surface area is 99.9 Å². The van der Waals surface area contributed by atoms with Gasteiger partial charge in [0.1, 0.15) is 5.69 Å². The fourth-order valence-electron chi connectivity index (χ4n) is 1.22. The maximum atomic E-state index is 5.52. The molecule has 0 unspecified atom stereocenters. The Bertz CT molecular complexity index is 297. The molecule has 0 radical (unpaired) electrons. The summed E-state index contributed by atoms with van der Waals surface area (Å²) in [4.78, 5) is 0. The van der Waals surface area contributed by atoms with Crippen LogP contribution in [0, 0.1) is 0 Å². The third kappa shape index (κ3) is 4.34. The summed E-state index contributed by atoms with van der Waals surface area (Å²) in [5.41, 5.74) is 0.986. The summed E-state index contributed by atoms with van der Waals surface area (Å²) in [6.45, 7) is 7.81. The highest BCUT2D eigenvalue weighted by molar-refractivity contribution is 9.10. The predicted molar refractivity (Wildman–Crippen MR) is 64.8 cm³/mol. The molecule has 0 atom stereocenters. The normalized spacial score (nSPS) is 11.3. The van der Waals surface area contributed by atoms with Gasteiger partial charge in [0.25, 0.3) is 0 Å². The van der Waals surface area contributed by atoms with Crippen LogP contribution in [0.4, 0.5) is 0 Å². The molecule has 0 aliphatic rings. The third-order valence-electron chi connectivity index (χ3n) is 2.08. The van der Waals surface area contributed by atoms with Gasteiger partial charge in [-0.15, -0.1) is 0 Å². The van der Waals surface area contributed by atoms with Gasteiger partial charge in [-0.2, -0.15) is 5.10 Å². The van der Waals surface area contributed by atoms with Crippen LogP contribution in [0.15, 0.2) is 10.7 Å². The summed E-state index contributed by atoms with van der Waals surface area (Å²) in [6.07, 6.45) is 4.63. The number of nitrogens with zero attached hydrogens (tertiary/aromatic N) is 2. The van der Waals surface area contributed by atoms with Crippen LogP contribution in [0.1, 0.15) is 39.3 Å². The van der Waals surface area contributed by atoms with E-state index in [4.69, 9.17) is 4.74 Å². The van der Waals surface area contributed by atoms with Gasteiger partial charge in [0.2, 0.25) is 0 Å². The number of hydrogen-bond acceptors (Lipinski definition) is 2. The van der Waals surface area contributed by atoms with Crippen LogP contribution in [0.3, 0.4) is 0 Å². The van der Waals surface area contributed by atoms with Crippen LogP contribution >= 0.6 is 15.9 Å². The second-order valence-electron chi connectivity index (χ2n) is 3.90. The summed E-state index contributed by atoms with van der Waals surface area (Å²) in [5.74, 6) is 0. The molecule has 0 spiro atoms. The van der Waals surface area contributed by atoms with E-state index in [-0.39, 0.29) is 6.10 Å². The van der Waals surface area contributed by atoms with Crippen LogP contribution in [0.2, 0.25) is 0 Å². The number of halogens is 1. The van der Waals surface area contributed by atoms with Crippen LogP contribution in [0.25, 0.3) is 0 Å². The summed E-state index contributed by atoms with van der Waals surface area (Å²) >= 11 is 3.50. The summed E-state index contributed by atoms with van der Waals surface area (Å²) < 4.78 is 8.54. The Hall–Kier alpha value is -0.350. The highest BCUT2D eigenvalue weighted by Gasteiger charge is 2.07. The topological polar surface area (TPSA) is 27.1 Å². The van der Waals surface area contributed by atoms with Gasteiger partial charge in [0.05, 0.1) is 17.2 Å². The largest absolute Gasteiger partial charge is 0.372 e. The van der Waals surface area contributed by atoms with Crippen molar-refractivity contribution in [1.82, 2.24) is 9.78 Å². The monoisotopic (exact) mass is 274 g/mol. The Morgan fingerprint density at radius 1 is 1.53 bits per heavy atom. The average Bonchev–Trinajstić information content (AvgIpc) is 2.53. The zero-order valence-corrected chi connectivity index (χ0v) is 11.2. The van der Waals surface area contributed by atoms with E-state index in [0.29, 0.717) is 6.61 Å². The van der Waals surface area contributed by atoms with Crippen LogP contribution in [0.5, 0.6) is 0 Å². The fourth-order valence-corrected chi connectivity index (χ4v) is 1.65. The molecule has 0 aliphatic carbocycles. The van der Waals surface area contributed by atoms with E-state index in [9.17, 15) is 0 Å². The van der Waals surface area contributed by atoms with E-state index >= 15 is 0 Å². The predicted octanol–water partition coefficient (Wildman–Crippen LogP) is 3.37. The molecular formula is C11H19BrN2O. The van der Waals surface area contributed by atoms with Crippen molar-refractivity contribution in [3.05, 3.63) is 16.4 Å². The number of aryl methyl sites for hydroxylation is 1. The molecular weight excluding hydrogens is 256 g/mol. The van der Waals surface area contributed by atoms with Crippen LogP contribution in [-0.4, -0.2) is 15.9 Å². The Kier molecular flexibility index (Phi) is 5.32. The number of hydrogen-bond donors (Lipinski definition) is 0. The average molecular weight is 275 g/mol. The first-order valence-corrected chi connectivity index (χ1v) is 6.26. The lowest BCUT2D eigenvalue weighted by Gasteiger charge is -2.05. The fraction of sp³-hybridized carbons (Fsp3) is 0.727. The number of rotatable bonds is 6. The lowest BCUT2D eigenvalue weighted by atomic mass is 10.3. The number of aromatic nitrogens is 2.